The van der Waals surface area contributed by atoms with Gasteiger partial charge in [0.05, 0.1) is 11.0 Å². The Morgan fingerprint density at radius 2 is 1.33 bits per heavy atom. The summed E-state index contributed by atoms with van der Waals surface area (Å²) < 4.78 is 0. The molecule has 0 bridgehead atoms. The Morgan fingerprint density at radius 1 is 0.762 bits per heavy atom. The molecule has 2 aromatic carbocycles. The molecule has 0 amide bonds. The summed E-state index contributed by atoms with van der Waals surface area (Å²) in [4.78, 5) is 8.52. The monoisotopic (exact) mass is 278 g/mol. The molecule has 1 heterocycles. The van der Waals surface area contributed by atoms with E-state index in [1.54, 1.807) is 12.4 Å². The van der Waals surface area contributed by atoms with Crippen LogP contribution in [-0.4, -0.2) is 15.1 Å². The number of nitrogens with zero attached hydrogens (tertiary/aromatic N) is 2. The van der Waals surface area contributed by atoms with E-state index in [4.69, 9.17) is 0 Å². The number of hydrogen-bond donors (Lipinski definition) is 1. The molecule has 0 fully saturated rings. The molecule has 106 valence electrons. The zero-order valence-electron chi connectivity index (χ0n) is 12.2. The standard InChI is InChI=1S/C18H18N2O/c1-12(2)13-3-5-14(6-4-13)18(21)15-7-8-16-17(11-15)20-10-9-19-16/h3-12,18,21H,1-2H3. The third-order valence-electron chi connectivity index (χ3n) is 3.73. The molecule has 3 rings (SSSR count). The van der Waals surface area contributed by atoms with Gasteiger partial charge in [0.2, 0.25) is 0 Å². The zero-order chi connectivity index (χ0) is 14.8. The van der Waals surface area contributed by atoms with Gasteiger partial charge in [0, 0.05) is 12.4 Å². The van der Waals surface area contributed by atoms with Crippen LogP contribution in [0.2, 0.25) is 0 Å². The van der Waals surface area contributed by atoms with E-state index in [1.165, 1.54) is 5.56 Å². The Hall–Kier alpha value is -2.26. The highest BCUT2D eigenvalue weighted by Gasteiger charge is 2.12. The first-order chi connectivity index (χ1) is 10.1. The number of aromatic nitrogens is 2. The topological polar surface area (TPSA) is 46.0 Å². The Morgan fingerprint density at radius 3 is 2.00 bits per heavy atom. The van der Waals surface area contributed by atoms with Crippen LogP contribution in [0.1, 0.15) is 42.6 Å². The SMILES string of the molecule is CC(C)c1ccc(C(O)c2ccc3nccnc3c2)cc1. The fourth-order valence-corrected chi connectivity index (χ4v) is 2.41. The summed E-state index contributed by atoms with van der Waals surface area (Å²) in [7, 11) is 0. The van der Waals surface area contributed by atoms with Crippen LogP contribution in [0.5, 0.6) is 0 Å². The van der Waals surface area contributed by atoms with Gasteiger partial charge in [-0.1, -0.05) is 44.2 Å². The zero-order valence-corrected chi connectivity index (χ0v) is 12.2. The summed E-state index contributed by atoms with van der Waals surface area (Å²) in [6.07, 6.45) is 2.69. The van der Waals surface area contributed by atoms with Crippen LogP contribution >= 0.6 is 0 Å². The fraction of sp³-hybridized carbons (Fsp3) is 0.222. The van der Waals surface area contributed by atoms with Crippen molar-refractivity contribution in [2.45, 2.75) is 25.9 Å². The molecule has 21 heavy (non-hydrogen) atoms. The smallest absolute Gasteiger partial charge is 0.104 e. The molecular formula is C18H18N2O. The quantitative estimate of drug-likeness (QED) is 0.792. The van der Waals surface area contributed by atoms with Gasteiger partial charge in [-0.15, -0.1) is 0 Å². The van der Waals surface area contributed by atoms with Crippen molar-refractivity contribution >= 4 is 11.0 Å². The lowest BCUT2D eigenvalue weighted by atomic mass is 9.97. The molecule has 3 heteroatoms. The van der Waals surface area contributed by atoms with Crippen molar-refractivity contribution in [3.63, 3.8) is 0 Å². The molecule has 0 spiro atoms. The summed E-state index contributed by atoms with van der Waals surface area (Å²) >= 11 is 0. The summed E-state index contributed by atoms with van der Waals surface area (Å²) in [5, 5.41) is 10.5. The second kappa shape index (κ2) is 5.62. The van der Waals surface area contributed by atoms with Gasteiger partial charge in [-0.3, -0.25) is 9.97 Å². The third kappa shape index (κ3) is 2.78. The second-order valence-corrected chi connectivity index (χ2v) is 5.53. The van der Waals surface area contributed by atoms with Gasteiger partial charge >= 0.3 is 0 Å². The highest BCUT2D eigenvalue weighted by Crippen LogP contribution is 2.25. The first-order valence-electron chi connectivity index (χ1n) is 7.14. The predicted molar refractivity (Wildman–Crippen MR) is 84.1 cm³/mol. The number of aliphatic hydroxyl groups excluding tert-OH is 1. The van der Waals surface area contributed by atoms with Gasteiger partial charge in [0.25, 0.3) is 0 Å². The molecule has 0 aliphatic rings. The van der Waals surface area contributed by atoms with Crippen molar-refractivity contribution in [2.75, 3.05) is 0 Å². The molecule has 1 N–H and O–H groups in total. The van der Waals surface area contributed by atoms with Crippen molar-refractivity contribution in [1.82, 2.24) is 9.97 Å². The van der Waals surface area contributed by atoms with Gasteiger partial charge < -0.3 is 5.11 Å². The van der Waals surface area contributed by atoms with Crippen molar-refractivity contribution in [2.24, 2.45) is 0 Å². The average Bonchev–Trinajstić information content (AvgIpc) is 2.54. The first-order valence-corrected chi connectivity index (χ1v) is 7.14. The third-order valence-corrected chi connectivity index (χ3v) is 3.73. The minimum atomic E-state index is -0.641. The lowest BCUT2D eigenvalue weighted by Gasteiger charge is -2.13. The maximum atomic E-state index is 10.5. The van der Waals surface area contributed by atoms with Gasteiger partial charge in [0.15, 0.2) is 0 Å². The van der Waals surface area contributed by atoms with E-state index < -0.39 is 6.10 Å². The minimum Gasteiger partial charge on any atom is -0.384 e. The maximum absolute atomic E-state index is 10.5. The molecule has 3 aromatic rings. The molecule has 0 aliphatic heterocycles. The molecular weight excluding hydrogens is 260 g/mol. The molecule has 3 nitrogen and oxygen atoms in total. The number of aliphatic hydroxyl groups is 1. The summed E-state index contributed by atoms with van der Waals surface area (Å²) in [6.45, 7) is 4.32. The summed E-state index contributed by atoms with van der Waals surface area (Å²) in [5.74, 6) is 0.493. The van der Waals surface area contributed by atoms with Crippen molar-refractivity contribution in [3.8, 4) is 0 Å². The van der Waals surface area contributed by atoms with E-state index in [9.17, 15) is 5.11 Å². The average molecular weight is 278 g/mol. The minimum absolute atomic E-state index is 0.493. The Kier molecular flexibility index (Phi) is 3.67. The highest BCUT2D eigenvalue weighted by atomic mass is 16.3. The lowest BCUT2D eigenvalue weighted by Crippen LogP contribution is -2.00. The van der Waals surface area contributed by atoms with Crippen LogP contribution < -0.4 is 0 Å². The van der Waals surface area contributed by atoms with Gasteiger partial charge in [-0.25, -0.2) is 0 Å². The molecule has 1 aromatic heterocycles. The first kappa shape index (κ1) is 13.7. The lowest BCUT2D eigenvalue weighted by molar-refractivity contribution is 0.220. The number of hydrogen-bond acceptors (Lipinski definition) is 3. The van der Waals surface area contributed by atoms with Crippen LogP contribution in [0.3, 0.4) is 0 Å². The Balaban J connectivity index is 1.93. The second-order valence-electron chi connectivity index (χ2n) is 5.53. The maximum Gasteiger partial charge on any atom is 0.104 e. The predicted octanol–water partition coefficient (Wildman–Crippen LogP) is 3.83. The van der Waals surface area contributed by atoms with Gasteiger partial charge in [0.1, 0.15) is 6.10 Å². The number of rotatable bonds is 3. The van der Waals surface area contributed by atoms with E-state index in [2.05, 4.69) is 35.9 Å². The van der Waals surface area contributed by atoms with Crippen LogP contribution in [0, 0.1) is 0 Å². The van der Waals surface area contributed by atoms with Crippen molar-refractivity contribution in [1.29, 1.82) is 0 Å². The van der Waals surface area contributed by atoms with Crippen molar-refractivity contribution < 1.29 is 5.11 Å². The molecule has 0 saturated carbocycles. The largest absolute Gasteiger partial charge is 0.384 e. The van der Waals surface area contributed by atoms with Crippen LogP contribution in [-0.2, 0) is 0 Å². The summed E-state index contributed by atoms with van der Waals surface area (Å²) in [5.41, 5.74) is 4.63. The Labute approximate surface area is 124 Å². The normalized spacial score (nSPS) is 12.8. The molecule has 0 radical (unpaired) electrons. The van der Waals surface area contributed by atoms with Gasteiger partial charge in [-0.2, -0.15) is 0 Å². The molecule has 1 unspecified atom stereocenters. The molecule has 0 aliphatic carbocycles. The Bertz CT molecular complexity index is 751. The number of fused-ring (bicyclic) bond motifs is 1. The summed E-state index contributed by atoms with van der Waals surface area (Å²) in [6, 6.07) is 13.8. The number of benzene rings is 2. The van der Waals surface area contributed by atoms with Crippen LogP contribution in [0.4, 0.5) is 0 Å². The highest BCUT2D eigenvalue weighted by molar-refractivity contribution is 5.74. The van der Waals surface area contributed by atoms with E-state index in [-0.39, 0.29) is 0 Å². The van der Waals surface area contributed by atoms with Crippen LogP contribution in [0.15, 0.2) is 54.9 Å². The van der Waals surface area contributed by atoms with E-state index in [0.29, 0.717) is 5.92 Å². The van der Waals surface area contributed by atoms with Crippen molar-refractivity contribution in [3.05, 3.63) is 71.5 Å². The van der Waals surface area contributed by atoms with E-state index >= 15 is 0 Å². The van der Waals surface area contributed by atoms with Crippen LogP contribution in [0.25, 0.3) is 11.0 Å². The van der Waals surface area contributed by atoms with Gasteiger partial charge in [-0.05, 0) is 34.7 Å². The molecule has 1 atom stereocenters. The van der Waals surface area contributed by atoms with E-state index in [0.717, 1.165) is 22.2 Å². The molecule has 0 saturated heterocycles. The van der Waals surface area contributed by atoms with E-state index in [1.807, 2.05) is 30.3 Å². The fourth-order valence-electron chi connectivity index (χ4n) is 2.41.